The second-order valence-electron chi connectivity index (χ2n) is 7.36. The molecule has 2 heterocycles. The van der Waals surface area contributed by atoms with Crippen molar-refractivity contribution in [3.8, 4) is 11.5 Å². The maximum Gasteiger partial charge on any atom is 0.161 e. The molecular weight excluding hydrogens is 324 g/mol. The Morgan fingerprint density at radius 1 is 1.04 bits per heavy atom. The zero-order chi connectivity index (χ0) is 18.3. The highest BCUT2D eigenvalue weighted by Gasteiger charge is 2.36. The zero-order valence-corrected chi connectivity index (χ0v) is 16.0. The lowest BCUT2D eigenvalue weighted by atomic mass is 9.79. The normalized spacial score (nSPS) is 22.2. The van der Waals surface area contributed by atoms with Gasteiger partial charge in [0.25, 0.3) is 0 Å². The molecule has 2 aromatic rings. The highest BCUT2D eigenvalue weighted by molar-refractivity contribution is 6.15. The van der Waals surface area contributed by atoms with Gasteiger partial charge in [0, 0.05) is 23.6 Å². The van der Waals surface area contributed by atoms with Crippen molar-refractivity contribution in [2.75, 3.05) is 34.4 Å². The quantitative estimate of drug-likeness (QED) is 0.847. The van der Waals surface area contributed by atoms with Crippen molar-refractivity contribution in [1.82, 2.24) is 4.90 Å². The highest BCUT2D eigenvalue weighted by Crippen LogP contribution is 2.42. The smallest absolute Gasteiger partial charge is 0.161 e. The summed E-state index contributed by atoms with van der Waals surface area (Å²) in [4.78, 5) is 7.60. The number of aryl methyl sites for hydroxylation is 1. The summed E-state index contributed by atoms with van der Waals surface area (Å²) in [5, 5.41) is 0. The molecule has 0 aromatic heterocycles. The van der Waals surface area contributed by atoms with Gasteiger partial charge in [-0.15, -0.1) is 0 Å². The van der Waals surface area contributed by atoms with Crippen LogP contribution in [0.1, 0.15) is 34.6 Å². The molecule has 0 saturated carbocycles. The molecule has 0 unspecified atom stereocenters. The molecule has 0 radical (unpaired) electrons. The second kappa shape index (κ2) is 6.76. The summed E-state index contributed by atoms with van der Waals surface area (Å²) in [6.07, 6.45) is 1.09. The topological polar surface area (TPSA) is 34.1 Å². The van der Waals surface area contributed by atoms with Gasteiger partial charge in [-0.1, -0.05) is 29.8 Å². The van der Waals surface area contributed by atoms with E-state index in [2.05, 4.69) is 55.3 Å². The average Bonchev–Trinajstić information content (AvgIpc) is 2.67. The summed E-state index contributed by atoms with van der Waals surface area (Å²) < 4.78 is 11.2. The summed E-state index contributed by atoms with van der Waals surface area (Å²) in [6.45, 7) is 4.23. The number of ether oxygens (including phenoxy) is 2. The largest absolute Gasteiger partial charge is 0.493 e. The van der Waals surface area contributed by atoms with Crippen LogP contribution in [0.2, 0.25) is 0 Å². The lowest BCUT2D eigenvalue weighted by Gasteiger charge is -2.39. The van der Waals surface area contributed by atoms with E-state index >= 15 is 0 Å². The van der Waals surface area contributed by atoms with Gasteiger partial charge in [0.05, 0.1) is 26.0 Å². The Morgan fingerprint density at radius 2 is 1.73 bits per heavy atom. The van der Waals surface area contributed by atoms with E-state index in [-0.39, 0.29) is 0 Å². The molecule has 2 aliphatic rings. The number of hydrogen-bond acceptors (Lipinski definition) is 4. The second-order valence-corrected chi connectivity index (χ2v) is 7.36. The van der Waals surface area contributed by atoms with Crippen molar-refractivity contribution in [3.63, 3.8) is 0 Å². The number of methoxy groups -OCH3 is 2. The van der Waals surface area contributed by atoms with E-state index in [0.29, 0.717) is 12.0 Å². The zero-order valence-electron chi connectivity index (χ0n) is 16.0. The van der Waals surface area contributed by atoms with Crippen molar-refractivity contribution in [1.29, 1.82) is 0 Å². The summed E-state index contributed by atoms with van der Waals surface area (Å²) in [5.41, 5.74) is 6.00. The minimum Gasteiger partial charge on any atom is -0.493 e. The Kier molecular flexibility index (Phi) is 4.45. The maximum atomic E-state index is 5.59. The van der Waals surface area contributed by atoms with Gasteiger partial charge in [-0.25, -0.2) is 0 Å². The van der Waals surface area contributed by atoms with Crippen LogP contribution in [0.3, 0.4) is 0 Å². The molecule has 1 fully saturated rings. The average molecular weight is 350 g/mol. The third-order valence-corrected chi connectivity index (χ3v) is 5.61. The predicted octanol–water partition coefficient (Wildman–Crippen LogP) is 3.65. The third-order valence-electron chi connectivity index (χ3n) is 5.61. The summed E-state index contributed by atoms with van der Waals surface area (Å²) in [6, 6.07) is 13.2. The number of rotatable bonds is 3. The minimum absolute atomic E-state index is 0.327. The number of likely N-dealkylation sites (tertiary alicyclic amines) is 1. The van der Waals surface area contributed by atoms with Crippen molar-refractivity contribution >= 4 is 5.71 Å². The van der Waals surface area contributed by atoms with Crippen LogP contribution in [0.4, 0.5) is 0 Å². The van der Waals surface area contributed by atoms with Crippen LogP contribution in [-0.2, 0) is 0 Å². The van der Waals surface area contributed by atoms with Crippen molar-refractivity contribution in [2.45, 2.75) is 25.3 Å². The van der Waals surface area contributed by atoms with Gasteiger partial charge < -0.3 is 14.4 Å². The Bertz CT molecular complexity index is 842. The predicted molar refractivity (Wildman–Crippen MR) is 105 cm³/mol. The van der Waals surface area contributed by atoms with Gasteiger partial charge in [-0.3, -0.25) is 4.99 Å². The van der Waals surface area contributed by atoms with Gasteiger partial charge in [0.15, 0.2) is 11.5 Å². The molecule has 4 rings (SSSR count). The highest BCUT2D eigenvalue weighted by atomic mass is 16.5. The monoisotopic (exact) mass is 350 g/mol. The van der Waals surface area contributed by atoms with E-state index in [9.17, 15) is 0 Å². The van der Waals surface area contributed by atoms with Crippen LogP contribution < -0.4 is 9.47 Å². The van der Waals surface area contributed by atoms with Crippen molar-refractivity contribution in [2.24, 2.45) is 4.99 Å². The number of likely N-dealkylation sites (N-methyl/N-ethyl adjacent to an activating group) is 1. The van der Waals surface area contributed by atoms with Crippen LogP contribution in [0.15, 0.2) is 41.4 Å². The molecule has 0 amide bonds. The number of piperidine rings is 1. The van der Waals surface area contributed by atoms with E-state index in [1.807, 2.05) is 0 Å². The van der Waals surface area contributed by atoms with Gasteiger partial charge in [-0.2, -0.15) is 0 Å². The fraction of sp³-hybridized carbons (Fsp3) is 0.409. The molecule has 2 aromatic carbocycles. The lowest BCUT2D eigenvalue weighted by molar-refractivity contribution is 0.227. The van der Waals surface area contributed by atoms with Crippen molar-refractivity contribution in [3.05, 3.63) is 58.7 Å². The number of nitrogens with zero attached hydrogens (tertiary/aromatic N) is 2. The Labute approximate surface area is 155 Å². The molecule has 0 bridgehead atoms. The number of fused-ring (bicyclic) bond motifs is 3. The Morgan fingerprint density at radius 3 is 2.42 bits per heavy atom. The van der Waals surface area contributed by atoms with E-state index in [1.54, 1.807) is 14.2 Å². The van der Waals surface area contributed by atoms with Crippen molar-refractivity contribution < 1.29 is 9.47 Å². The van der Waals surface area contributed by atoms with Gasteiger partial charge in [0.1, 0.15) is 0 Å². The first kappa shape index (κ1) is 17.1. The van der Waals surface area contributed by atoms with E-state index in [4.69, 9.17) is 14.5 Å². The SMILES string of the molecule is COc1cc2c(cc1OC)[C@H]1CN(C)CC[C@H]1N=C2c1ccc(C)cc1. The molecule has 0 aliphatic carbocycles. The first-order valence-electron chi connectivity index (χ1n) is 9.20. The van der Waals surface area contributed by atoms with Crippen LogP contribution >= 0.6 is 0 Å². The molecule has 4 nitrogen and oxygen atoms in total. The standard InChI is InChI=1S/C22H26N2O2/c1-14-5-7-15(8-6-14)22-17-12-21(26-4)20(25-3)11-16(17)18-13-24(2)10-9-19(18)23-22/h5-8,11-12,18-19H,9-10,13H2,1-4H3/t18-,19-/m1/s1. The molecular formula is C22H26N2O2. The van der Waals surface area contributed by atoms with Crippen LogP contribution in [0.25, 0.3) is 0 Å². The van der Waals surface area contributed by atoms with E-state index in [1.165, 1.54) is 22.3 Å². The summed E-state index contributed by atoms with van der Waals surface area (Å²) in [5.74, 6) is 1.95. The van der Waals surface area contributed by atoms with Gasteiger partial charge >= 0.3 is 0 Å². The molecule has 136 valence electrons. The fourth-order valence-corrected chi connectivity index (χ4v) is 4.15. The summed E-state index contributed by atoms with van der Waals surface area (Å²) in [7, 11) is 5.58. The molecule has 4 heteroatoms. The molecule has 0 spiro atoms. The molecule has 26 heavy (non-hydrogen) atoms. The van der Waals surface area contributed by atoms with Crippen LogP contribution in [-0.4, -0.2) is 51.0 Å². The minimum atomic E-state index is 0.327. The molecule has 2 atom stereocenters. The first-order valence-corrected chi connectivity index (χ1v) is 9.20. The number of hydrogen-bond donors (Lipinski definition) is 0. The third kappa shape index (κ3) is 2.88. The molecule has 1 saturated heterocycles. The number of aliphatic imine (C=N–C) groups is 1. The fourth-order valence-electron chi connectivity index (χ4n) is 4.15. The Balaban J connectivity index is 1.89. The summed E-state index contributed by atoms with van der Waals surface area (Å²) >= 11 is 0. The van der Waals surface area contributed by atoms with E-state index in [0.717, 1.165) is 36.7 Å². The molecule has 0 N–H and O–H groups in total. The van der Waals surface area contributed by atoms with Gasteiger partial charge in [0.2, 0.25) is 0 Å². The molecule has 2 aliphatic heterocycles. The Hall–Kier alpha value is -2.33. The maximum absolute atomic E-state index is 5.59. The van der Waals surface area contributed by atoms with Crippen LogP contribution in [0, 0.1) is 6.92 Å². The first-order chi connectivity index (χ1) is 12.6. The number of benzene rings is 2. The van der Waals surface area contributed by atoms with Crippen LogP contribution in [0.5, 0.6) is 11.5 Å². The van der Waals surface area contributed by atoms with E-state index < -0.39 is 0 Å². The van der Waals surface area contributed by atoms with Gasteiger partial charge in [-0.05, 0) is 44.6 Å². The lowest BCUT2D eigenvalue weighted by Crippen LogP contribution is -2.41.